The maximum absolute atomic E-state index is 6.65. The lowest BCUT2D eigenvalue weighted by Gasteiger charge is -2.37. The summed E-state index contributed by atoms with van der Waals surface area (Å²) in [7, 11) is 1.31. The predicted octanol–water partition coefficient (Wildman–Crippen LogP) is 4.11. The highest BCUT2D eigenvalue weighted by atomic mass is 16.7. The summed E-state index contributed by atoms with van der Waals surface area (Å²) in [6.07, 6.45) is 6.77. The van der Waals surface area contributed by atoms with Gasteiger partial charge in [-0.25, -0.2) is 0 Å². The molecule has 0 bridgehead atoms. The summed E-state index contributed by atoms with van der Waals surface area (Å²) < 4.78 is 19.0. The average molecular weight is 417 g/mol. The highest BCUT2D eigenvalue weighted by Gasteiger charge is 2.62. The Morgan fingerprint density at radius 2 is 1.81 bits per heavy atom. The second-order valence-corrected chi connectivity index (χ2v) is 8.61. The lowest BCUT2D eigenvalue weighted by molar-refractivity contribution is -0.0281. The Kier molecular flexibility index (Phi) is 4.91. The molecule has 7 heteroatoms. The van der Waals surface area contributed by atoms with Crippen molar-refractivity contribution in [3.63, 3.8) is 0 Å². The smallest absolute Gasteiger partial charge is 0.494 e. The number of anilines is 1. The Bertz CT molecular complexity index is 1120. The van der Waals surface area contributed by atoms with Crippen LogP contribution in [0.25, 0.3) is 22.0 Å². The quantitative estimate of drug-likeness (QED) is 0.630. The van der Waals surface area contributed by atoms with Gasteiger partial charge in [-0.05, 0) is 61.3 Å². The monoisotopic (exact) mass is 417 g/mol. The maximum atomic E-state index is 6.65. The van der Waals surface area contributed by atoms with Crippen molar-refractivity contribution < 1.29 is 14.0 Å². The van der Waals surface area contributed by atoms with E-state index in [-0.39, 0.29) is 18.3 Å². The molecule has 0 unspecified atom stereocenters. The summed E-state index contributed by atoms with van der Waals surface area (Å²) in [5.74, 6) is 0.786. The molecule has 2 aliphatic rings. The van der Waals surface area contributed by atoms with Gasteiger partial charge in [0.25, 0.3) is 0 Å². The van der Waals surface area contributed by atoms with Crippen molar-refractivity contribution in [3.05, 3.63) is 42.6 Å². The normalized spacial score (nSPS) is 25.2. The van der Waals surface area contributed by atoms with E-state index in [0.29, 0.717) is 5.69 Å². The molecule has 0 radical (unpaired) electrons. The van der Waals surface area contributed by atoms with Crippen molar-refractivity contribution in [1.29, 1.82) is 0 Å². The summed E-state index contributed by atoms with van der Waals surface area (Å²) in [5.41, 5.74) is 9.98. The van der Waals surface area contributed by atoms with Crippen LogP contribution in [-0.4, -0.2) is 35.6 Å². The van der Waals surface area contributed by atoms with Gasteiger partial charge in [0.05, 0.1) is 35.7 Å². The number of nitrogens with zero attached hydrogens (tertiary/aromatic N) is 2. The Morgan fingerprint density at radius 1 is 1.06 bits per heavy atom. The number of hydrogen-bond acceptors (Lipinski definition) is 6. The number of hydrogen-bond donors (Lipinski definition) is 1. The average Bonchev–Trinajstić information content (AvgIpc) is 3.31. The molecule has 1 saturated heterocycles. The zero-order valence-corrected chi connectivity index (χ0v) is 18.4. The molecular formula is C24H28BN3O3. The van der Waals surface area contributed by atoms with Crippen LogP contribution in [0.5, 0.6) is 5.75 Å². The van der Waals surface area contributed by atoms with Crippen LogP contribution in [0.4, 0.5) is 5.69 Å². The third-order valence-electron chi connectivity index (χ3n) is 7.28. The fourth-order valence-electron chi connectivity index (χ4n) is 5.53. The van der Waals surface area contributed by atoms with Gasteiger partial charge in [-0.15, -0.1) is 0 Å². The van der Waals surface area contributed by atoms with Crippen molar-refractivity contribution in [1.82, 2.24) is 10.2 Å². The lowest BCUT2D eigenvalue weighted by atomic mass is 9.77. The van der Waals surface area contributed by atoms with E-state index in [9.17, 15) is 0 Å². The Morgan fingerprint density at radius 3 is 2.48 bits per heavy atom. The van der Waals surface area contributed by atoms with E-state index in [1.807, 2.05) is 30.3 Å². The fourth-order valence-corrected chi connectivity index (χ4v) is 5.53. The Labute approximate surface area is 183 Å². The topological polar surface area (TPSA) is 79.5 Å². The molecule has 1 saturated carbocycles. The first-order chi connectivity index (χ1) is 15.0. The van der Waals surface area contributed by atoms with Crippen LogP contribution in [0.3, 0.4) is 0 Å². The molecule has 1 aromatic heterocycles. The van der Waals surface area contributed by atoms with Crippen molar-refractivity contribution in [2.24, 2.45) is 0 Å². The van der Waals surface area contributed by atoms with Gasteiger partial charge in [0, 0.05) is 10.9 Å². The number of benzene rings is 2. The van der Waals surface area contributed by atoms with E-state index in [2.05, 4.69) is 30.1 Å². The molecule has 1 aliphatic heterocycles. The number of ether oxygens (including phenoxy) is 1. The number of methoxy groups -OCH3 is 1. The highest BCUT2D eigenvalue weighted by Crippen LogP contribution is 2.53. The fraction of sp³-hybridized carbons (Fsp3) is 0.417. The van der Waals surface area contributed by atoms with Gasteiger partial charge in [0.15, 0.2) is 0 Å². The first kappa shape index (κ1) is 20.3. The maximum Gasteiger partial charge on any atom is 0.494 e. The van der Waals surface area contributed by atoms with E-state index >= 15 is 0 Å². The van der Waals surface area contributed by atoms with Crippen LogP contribution in [0, 0.1) is 0 Å². The van der Waals surface area contributed by atoms with Crippen LogP contribution in [0.1, 0.15) is 46.0 Å². The van der Waals surface area contributed by atoms with Gasteiger partial charge in [-0.3, -0.25) is 0 Å². The molecule has 0 amide bonds. The largest absolute Gasteiger partial charge is 0.496 e. The zero-order valence-electron chi connectivity index (χ0n) is 18.4. The second kappa shape index (κ2) is 7.50. The molecule has 2 atom stereocenters. The number of aromatic nitrogens is 2. The van der Waals surface area contributed by atoms with Crippen molar-refractivity contribution in [3.8, 4) is 16.9 Å². The second-order valence-electron chi connectivity index (χ2n) is 8.61. The van der Waals surface area contributed by atoms with Crippen LogP contribution >= 0.6 is 0 Å². The molecular weight excluding hydrogens is 389 g/mol. The lowest BCUT2D eigenvalue weighted by Crippen LogP contribution is -2.46. The number of fused-ring (bicyclic) bond motifs is 2. The van der Waals surface area contributed by atoms with Crippen molar-refractivity contribution in [2.75, 3.05) is 12.8 Å². The van der Waals surface area contributed by atoms with Gasteiger partial charge in [-0.1, -0.05) is 32.0 Å². The molecule has 2 aromatic carbocycles. The number of nitrogens with two attached hydrogens (primary N) is 1. The summed E-state index contributed by atoms with van der Waals surface area (Å²) in [6.45, 7) is 4.42. The van der Waals surface area contributed by atoms with Gasteiger partial charge >= 0.3 is 7.12 Å². The molecule has 3 aromatic rings. The number of rotatable bonds is 5. The molecule has 0 spiro atoms. The summed E-state index contributed by atoms with van der Waals surface area (Å²) in [5, 5.41) is 9.12. The zero-order chi connectivity index (χ0) is 21.6. The Hall–Kier alpha value is -2.64. The molecule has 1 aliphatic carbocycles. The van der Waals surface area contributed by atoms with Crippen LogP contribution < -0.4 is 15.9 Å². The van der Waals surface area contributed by atoms with E-state index in [1.54, 1.807) is 13.3 Å². The minimum absolute atomic E-state index is 0.192. The highest BCUT2D eigenvalue weighted by molar-refractivity contribution is 6.62. The molecule has 2 N–H and O–H groups in total. The molecule has 5 rings (SSSR count). The van der Waals surface area contributed by atoms with Crippen LogP contribution in [0.15, 0.2) is 42.6 Å². The van der Waals surface area contributed by atoms with Gasteiger partial charge in [0.1, 0.15) is 5.75 Å². The third kappa shape index (κ3) is 3.02. The predicted molar refractivity (Wildman–Crippen MR) is 123 cm³/mol. The summed E-state index contributed by atoms with van der Waals surface area (Å²) >= 11 is 0. The molecule has 160 valence electrons. The van der Waals surface area contributed by atoms with Gasteiger partial charge in [0.2, 0.25) is 0 Å². The van der Waals surface area contributed by atoms with E-state index in [4.69, 9.17) is 19.8 Å². The SMILES string of the molecule is CC[C@@]12CCC[C@]1(CC)OB(c1ccc(OC)c(-c3ccc4c(N)cnnc4c3)c1)O2. The summed E-state index contributed by atoms with van der Waals surface area (Å²) in [4.78, 5) is 0. The minimum atomic E-state index is -0.374. The molecule has 2 heterocycles. The Balaban J connectivity index is 1.56. The molecule has 2 fully saturated rings. The van der Waals surface area contributed by atoms with Gasteiger partial charge < -0.3 is 19.8 Å². The van der Waals surface area contributed by atoms with Crippen molar-refractivity contribution >= 4 is 29.2 Å². The van der Waals surface area contributed by atoms with Crippen LogP contribution in [-0.2, 0) is 9.31 Å². The van der Waals surface area contributed by atoms with Crippen LogP contribution in [0.2, 0.25) is 0 Å². The first-order valence-corrected chi connectivity index (χ1v) is 11.1. The molecule has 31 heavy (non-hydrogen) atoms. The molecule has 6 nitrogen and oxygen atoms in total. The standard InChI is InChI=1S/C24H28BN3O3/c1-4-23-11-6-12-24(23,5-2)31-25(30-23)17-8-10-22(29-3)19(14-17)16-7-9-18-20(26)15-27-28-21(18)13-16/h7-10,13-15H,4-6,11-12H2,1-3H3,(H2,26,28)/t23-,24+. The van der Waals surface area contributed by atoms with E-state index in [1.165, 1.54) is 0 Å². The third-order valence-corrected chi connectivity index (χ3v) is 7.28. The van der Waals surface area contributed by atoms with Gasteiger partial charge in [-0.2, -0.15) is 10.2 Å². The number of nitrogen functional groups attached to an aromatic ring is 1. The first-order valence-electron chi connectivity index (χ1n) is 11.1. The van der Waals surface area contributed by atoms with Crippen molar-refractivity contribution in [2.45, 2.75) is 57.2 Å². The van der Waals surface area contributed by atoms with E-state index in [0.717, 1.165) is 65.3 Å². The minimum Gasteiger partial charge on any atom is -0.496 e. The summed E-state index contributed by atoms with van der Waals surface area (Å²) in [6, 6.07) is 12.1. The van der Waals surface area contributed by atoms with E-state index < -0.39 is 0 Å².